The minimum absolute atomic E-state index is 0.0227. The monoisotopic (exact) mass is 186 g/mol. The van der Waals surface area contributed by atoms with E-state index in [0.717, 1.165) is 5.96 Å². The number of rotatable bonds is 0. The van der Waals surface area contributed by atoms with Gasteiger partial charge in [-0.05, 0) is 0 Å². The van der Waals surface area contributed by atoms with Gasteiger partial charge in [0, 0.05) is 35.2 Å². The Labute approximate surface area is 79.1 Å². The highest BCUT2D eigenvalue weighted by Crippen LogP contribution is 1.94. The molecule has 0 spiro atoms. The molecular formula is C7H18N6. The molecule has 0 aliphatic carbocycles. The molecule has 0 bridgehead atoms. The van der Waals surface area contributed by atoms with Crippen LogP contribution in [0, 0.1) is 5.41 Å². The summed E-state index contributed by atoms with van der Waals surface area (Å²) in [6.07, 6.45) is 0. The van der Waals surface area contributed by atoms with Crippen molar-refractivity contribution in [2.75, 3.05) is 35.2 Å². The van der Waals surface area contributed by atoms with E-state index < -0.39 is 0 Å². The SMILES string of the molecule is CN=C(N(C)C)N(C)N(C)C(=N)N. The molecule has 0 saturated heterocycles. The second-order valence-electron chi connectivity index (χ2n) is 2.85. The highest BCUT2D eigenvalue weighted by Gasteiger charge is 2.13. The van der Waals surface area contributed by atoms with E-state index in [1.165, 1.54) is 5.01 Å². The van der Waals surface area contributed by atoms with E-state index in [1.807, 2.05) is 19.0 Å². The van der Waals surface area contributed by atoms with Crippen LogP contribution in [0.5, 0.6) is 0 Å². The molecule has 3 N–H and O–H groups in total. The van der Waals surface area contributed by atoms with Crippen molar-refractivity contribution in [3.63, 3.8) is 0 Å². The summed E-state index contributed by atoms with van der Waals surface area (Å²) in [4.78, 5) is 5.91. The number of aliphatic imine (C=N–C) groups is 1. The highest BCUT2D eigenvalue weighted by molar-refractivity contribution is 5.83. The maximum absolute atomic E-state index is 7.23. The number of hydrazine groups is 1. The minimum Gasteiger partial charge on any atom is -0.369 e. The van der Waals surface area contributed by atoms with Gasteiger partial charge >= 0.3 is 0 Å². The third-order valence-electron chi connectivity index (χ3n) is 1.69. The fourth-order valence-electron chi connectivity index (χ4n) is 0.930. The van der Waals surface area contributed by atoms with Crippen molar-refractivity contribution in [2.45, 2.75) is 0 Å². The van der Waals surface area contributed by atoms with Gasteiger partial charge in [0.05, 0.1) is 0 Å². The van der Waals surface area contributed by atoms with Crippen LogP contribution in [0.25, 0.3) is 0 Å². The molecule has 0 amide bonds. The molecule has 0 aromatic carbocycles. The van der Waals surface area contributed by atoms with Crippen molar-refractivity contribution in [1.29, 1.82) is 5.41 Å². The Balaban J connectivity index is 4.56. The van der Waals surface area contributed by atoms with Crippen LogP contribution in [0.1, 0.15) is 0 Å². The summed E-state index contributed by atoms with van der Waals surface area (Å²) in [6.45, 7) is 0. The molecule has 0 aliphatic heterocycles. The van der Waals surface area contributed by atoms with Gasteiger partial charge in [-0.15, -0.1) is 0 Å². The largest absolute Gasteiger partial charge is 0.369 e. The zero-order chi connectivity index (χ0) is 10.6. The standard InChI is InChI=1S/C7H18N6/c1-10-7(11(2)3)13(5)12(4)6(8)9/h1-5H3,(H3,8,9). The average Bonchev–Trinajstić information content (AvgIpc) is 2.03. The van der Waals surface area contributed by atoms with Gasteiger partial charge in [0.1, 0.15) is 0 Å². The Hall–Kier alpha value is -1.46. The first kappa shape index (κ1) is 11.5. The van der Waals surface area contributed by atoms with Gasteiger partial charge in [-0.2, -0.15) is 0 Å². The first-order valence-corrected chi connectivity index (χ1v) is 3.87. The Morgan fingerprint density at radius 3 is 1.85 bits per heavy atom. The lowest BCUT2D eigenvalue weighted by molar-refractivity contribution is 0.181. The zero-order valence-electron chi connectivity index (χ0n) is 8.87. The van der Waals surface area contributed by atoms with Crippen molar-refractivity contribution < 1.29 is 0 Å². The molecule has 0 aromatic rings. The van der Waals surface area contributed by atoms with Gasteiger partial charge < -0.3 is 10.6 Å². The van der Waals surface area contributed by atoms with Gasteiger partial charge in [-0.25, -0.2) is 0 Å². The molecule has 0 unspecified atom stereocenters. The lowest BCUT2D eigenvalue weighted by atomic mass is 10.7. The fourth-order valence-corrected chi connectivity index (χ4v) is 0.930. The smallest absolute Gasteiger partial charge is 0.214 e. The molecule has 13 heavy (non-hydrogen) atoms. The van der Waals surface area contributed by atoms with Crippen LogP contribution in [0.2, 0.25) is 0 Å². The molecule has 0 fully saturated rings. The van der Waals surface area contributed by atoms with Crippen LogP contribution >= 0.6 is 0 Å². The zero-order valence-corrected chi connectivity index (χ0v) is 8.87. The molecule has 0 saturated carbocycles. The van der Waals surface area contributed by atoms with Gasteiger partial charge in [-0.3, -0.25) is 20.4 Å². The second kappa shape index (κ2) is 4.54. The molecular weight excluding hydrogens is 168 g/mol. The van der Waals surface area contributed by atoms with E-state index in [-0.39, 0.29) is 5.96 Å². The molecule has 0 aliphatic rings. The Morgan fingerprint density at radius 1 is 1.15 bits per heavy atom. The summed E-state index contributed by atoms with van der Waals surface area (Å²) in [5.41, 5.74) is 5.32. The number of nitrogens with two attached hydrogens (primary N) is 1. The number of nitrogens with one attached hydrogen (secondary N) is 1. The predicted octanol–water partition coefficient (Wildman–Crippen LogP) is -0.794. The lowest BCUT2D eigenvalue weighted by Crippen LogP contribution is -2.51. The normalized spacial score (nSPS) is 11.0. The number of guanidine groups is 2. The van der Waals surface area contributed by atoms with Crippen LogP contribution in [-0.4, -0.2) is 62.1 Å². The molecule has 0 heterocycles. The number of hydrogen-bond donors (Lipinski definition) is 2. The lowest BCUT2D eigenvalue weighted by Gasteiger charge is -2.33. The minimum atomic E-state index is -0.0227. The van der Waals surface area contributed by atoms with E-state index in [9.17, 15) is 0 Å². The first-order chi connectivity index (χ1) is 5.91. The number of hydrogen-bond acceptors (Lipinski definition) is 2. The van der Waals surface area contributed by atoms with Gasteiger partial charge in [0.2, 0.25) is 11.9 Å². The third kappa shape index (κ3) is 2.81. The molecule has 0 atom stereocenters. The fraction of sp³-hybridized carbons (Fsp3) is 0.714. The molecule has 6 heteroatoms. The van der Waals surface area contributed by atoms with Crippen LogP contribution in [-0.2, 0) is 0 Å². The summed E-state index contributed by atoms with van der Waals surface area (Å²) in [5, 5.41) is 10.4. The second-order valence-corrected chi connectivity index (χ2v) is 2.85. The topological polar surface area (TPSA) is 72.0 Å². The summed E-state index contributed by atoms with van der Waals surface area (Å²) >= 11 is 0. The summed E-state index contributed by atoms with van der Waals surface area (Å²) in [7, 11) is 8.96. The Morgan fingerprint density at radius 2 is 1.62 bits per heavy atom. The quantitative estimate of drug-likeness (QED) is 0.295. The van der Waals surface area contributed by atoms with Gasteiger partial charge in [-0.1, -0.05) is 0 Å². The van der Waals surface area contributed by atoms with E-state index >= 15 is 0 Å². The summed E-state index contributed by atoms with van der Waals surface area (Å²) in [5.74, 6) is 0.711. The molecule has 0 rings (SSSR count). The van der Waals surface area contributed by atoms with Crippen molar-refractivity contribution in [3.05, 3.63) is 0 Å². The van der Waals surface area contributed by atoms with Crippen LogP contribution in [0.4, 0.5) is 0 Å². The van der Waals surface area contributed by atoms with Crippen LogP contribution in [0.3, 0.4) is 0 Å². The van der Waals surface area contributed by atoms with E-state index in [4.69, 9.17) is 11.1 Å². The summed E-state index contributed by atoms with van der Waals surface area (Å²) in [6, 6.07) is 0. The van der Waals surface area contributed by atoms with Crippen LogP contribution in [0.15, 0.2) is 4.99 Å². The van der Waals surface area contributed by atoms with Crippen molar-refractivity contribution in [2.24, 2.45) is 10.7 Å². The average molecular weight is 186 g/mol. The summed E-state index contributed by atoms with van der Waals surface area (Å²) < 4.78 is 0. The van der Waals surface area contributed by atoms with E-state index in [1.54, 1.807) is 26.2 Å². The first-order valence-electron chi connectivity index (χ1n) is 3.87. The maximum atomic E-state index is 7.23. The van der Waals surface area contributed by atoms with Crippen molar-refractivity contribution >= 4 is 11.9 Å². The predicted molar refractivity (Wildman–Crippen MR) is 54.5 cm³/mol. The third-order valence-corrected chi connectivity index (χ3v) is 1.69. The molecule has 6 nitrogen and oxygen atoms in total. The maximum Gasteiger partial charge on any atom is 0.214 e. The van der Waals surface area contributed by atoms with E-state index in [0.29, 0.717) is 0 Å². The van der Waals surface area contributed by atoms with Crippen LogP contribution < -0.4 is 5.73 Å². The Bertz CT molecular complexity index is 209. The molecule has 76 valence electrons. The van der Waals surface area contributed by atoms with E-state index in [2.05, 4.69) is 4.99 Å². The Kier molecular flexibility index (Phi) is 4.03. The van der Waals surface area contributed by atoms with Gasteiger partial charge in [0.25, 0.3) is 0 Å². The number of nitrogens with zero attached hydrogens (tertiary/aromatic N) is 4. The molecule has 0 radical (unpaired) electrons. The molecule has 0 aromatic heterocycles. The highest BCUT2D eigenvalue weighted by atomic mass is 15.7. The van der Waals surface area contributed by atoms with Crippen molar-refractivity contribution in [3.8, 4) is 0 Å². The van der Waals surface area contributed by atoms with Crippen molar-refractivity contribution in [1.82, 2.24) is 14.9 Å². The van der Waals surface area contributed by atoms with Gasteiger partial charge in [0.15, 0.2) is 0 Å².